The van der Waals surface area contributed by atoms with Crippen molar-refractivity contribution in [2.24, 2.45) is 0 Å². The van der Waals surface area contributed by atoms with Crippen LogP contribution in [-0.2, 0) is 13.0 Å². The summed E-state index contributed by atoms with van der Waals surface area (Å²) in [6.07, 6.45) is 2.86. The summed E-state index contributed by atoms with van der Waals surface area (Å²) in [4.78, 5) is 16.1. The number of hydrogen-bond donors (Lipinski definition) is 2. The number of aromatic hydroxyl groups is 1. The van der Waals surface area contributed by atoms with Crippen LogP contribution in [0.3, 0.4) is 0 Å². The fourth-order valence-electron chi connectivity index (χ4n) is 3.12. The molecule has 0 saturated heterocycles. The lowest BCUT2D eigenvalue weighted by molar-refractivity contribution is 0.102. The molecule has 1 amide bonds. The van der Waals surface area contributed by atoms with E-state index in [1.54, 1.807) is 33.7 Å². The zero-order valence-electron chi connectivity index (χ0n) is 13.6. The molecule has 2 N–H and O–H groups in total. The highest BCUT2D eigenvalue weighted by Crippen LogP contribution is 2.33. The number of anilines is 1. The van der Waals surface area contributed by atoms with Crippen molar-refractivity contribution in [2.75, 3.05) is 5.32 Å². The molecule has 0 bridgehead atoms. The molecule has 0 aliphatic carbocycles. The zero-order chi connectivity index (χ0) is 18.3. The first-order valence-electron chi connectivity index (χ1n) is 8.09. The molecule has 0 radical (unpaired) electrons. The van der Waals surface area contributed by atoms with E-state index < -0.39 is 0 Å². The minimum atomic E-state index is -0.297. The number of nitrogens with zero attached hydrogens (tertiary/aromatic N) is 3. The number of amides is 1. The summed E-state index contributed by atoms with van der Waals surface area (Å²) < 4.78 is 4.07. The number of imidazole rings is 1. The maximum atomic E-state index is 12.1. The second-order valence-corrected chi connectivity index (χ2v) is 7.48. The predicted molar refractivity (Wildman–Crippen MR) is 104 cm³/mol. The largest absolute Gasteiger partial charge is 0.493 e. The van der Waals surface area contributed by atoms with Gasteiger partial charge in [0.25, 0.3) is 5.91 Å². The summed E-state index contributed by atoms with van der Waals surface area (Å²) in [5.74, 6) is -0.162. The first-order chi connectivity index (χ1) is 12.6. The van der Waals surface area contributed by atoms with E-state index in [9.17, 15) is 9.90 Å². The predicted octanol–water partition coefficient (Wildman–Crippen LogP) is 4.41. The van der Waals surface area contributed by atoms with Gasteiger partial charge in [-0.25, -0.2) is 4.98 Å². The lowest BCUT2D eigenvalue weighted by Gasteiger charge is -2.12. The van der Waals surface area contributed by atoms with Crippen molar-refractivity contribution in [3.63, 3.8) is 0 Å². The normalized spacial score (nSPS) is 13.4. The molecule has 0 unspecified atom stereocenters. The average Bonchev–Trinajstić information content (AvgIpc) is 3.25. The van der Waals surface area contributed by atoms with Crippen molar-refractivity contribution in [1.29, 1.82) is 0 Å². The Balaban J connectivity index is 1.68. The van der Waals surface area contributed by atoms with E-state index >= 15 is 0 Å². The molecule has 0 spiro atoms. The Labute approximate surface area is 163 Å². The second kappa shape index (κ2) is 6.86. The van der Waals surface area contributed by atoms with Crippen LogP contribution in [0.4, 0.5) is 5.69 Å². The molecule has 4 rings (SSSR count). The Bertz CT molecular complexity index is 1040. The van der Waals surface area contributed by atoms with E-state index in [-0.39, 0.29) is 11.8 Å². The first-order valence-corrected chi connectivity index (χ1v) is 9.82. The Morgan fingerprint density at radius 2 is 2.23 bits per heavy atom. The van der Waals surface area contributed by atoms with Crippen LogP contribution in [0.25, 0.3) is 5.69 Å². The van der Waals surface area contributed by atoms with Crippen LogP contribution in [0.1, 0.15) is 29.0 Å². The van der Waals surface area contributed by atoms with Gasteiger partial charge in [-0.05, 0) is 49.7 Å². The highest BCUT2D eigenvalue weighted by Gasteiger charge is 2.22. The van der Waals surface area contributed by atoms with Crippen LogP contribution in [-0.4, -0.2) is 25.1 Å². The minimum absolute atomic E-state index is 0.135. The summed E-state index contributed by atoms with van der Waals surface area (Å²) in [6.45, 7) is 0.800. The van der Waals surface area contributed by atoms with Gasteiger partial charge in [-0.3, -0.25) is 9.36 Å². The number of carbonyl (C=O) groups is 1. The molecular weight excluding hydrogens is 392 g/mol. The van der Waals surface area contributed by atoms with Gasteiger partial charge in [0.1, 0.15) is 5.69 Å². The van der Waals surface area contributed by atoms with E-state index in [4.69, 9.17) is 23.8 Å². The molecule has 1 aliphatic heterocycles. The molecule has 6 nitrogen and oxygen atoms in total. The van der Waals surface area contributed by atoms with Crippen molar-refractivity contribution >= 4 is 46.8 Å². The summed E-state index contributed by atoms with van der Waals surface area (Å²) in [7, 11) is 0. The SMILES string of the molecule is O=C(Nc1ccc(-n2c(O)c3n(c2=S)CCCC3)c(Cl)c1)c1cscn1. The zero-order valence-corrected chi connectivity index (χ0v) is 16.0. The lowest BCUT2D eigenvalue weighted by atomic mass is 10.1. The molecule has 134 valence electrons. The van der Waals surface area contributed by atoms with Gasteiger partial charge in [0.2, 0.25) is 5.88 Å². The molecule has 3 heterocycles. The van der Waals surface area contributed by atoms with E-state index in [2.05, 4.69) is 10.3 Å². The minimum Gasteiger partial charge on any atom is -0.493 e. The van der Waals surface area contributed by atoms with Crippen molar-refractivity contribution in [3.8, 4) is 11.6 Å². The first kappa shape index (κ1) is 17.3. The van der Waals surface area contributed by atoms with Gasteiger partial charge in [-0.15, -0.1) is 11.3 Å². The number of carbonyl (C=O) groups excluding carboxylic acids is 1. The smallest absolute Gasteiger partial charge is 0.275 e. The molecular formula is C17H15ClN4O2S2. The number of nitrogens with one attached hydrogen (secondary N) is 1. The third kappa shape index (κ3) is 2.94. The standard InChI is InChI=1S/C17H15ClN4O2S2/c18-11-7-10(20-15(23)12-8-26-9-19-12)4-5-13(11)22-16(24)14-3-1-2-6-21(14)17(22)25/h4-5,7-9,24H,1-3,6H2,(H,20,23). The number of rotatable bonds is 3. The Kier molecular flexibility index (Phi) is 4.56. The fraction of sp³-hybridized carbons (Fsp3) is 0.235. The number of hydrogen-bond acceptors (Lipinski definition) is 5. The quantitative estimate of drug-likeness (QED) is 0.632. The Hall–Kier alpha value is -2.16. The van der Waals surface area contributed by atoms with Crippen LogP contribution in [0.15, 0.2) is 29.1 Å². The summed E-state index contributed by atoms with van der Waals surface area (Å²) in [6, 6.07) is 5.10. The van der Waals surface area contributed by atoms with E-state index in [0.717, 1.165) is 31.5 Å². The van der Waals surface area contributed by atoms with Gasteiger partial charge in [-0.2, -0.15) is 0 Å². The third-order valence-electron chi connectivity index (χ3n) is 4.37. The lowest BCUT2D eigenvalue weighted by Crippen LogP contribution is -2.12. The number of aromatic nitrogens is 3. The van der Waals surface area contributed by atoms with Gasteiger partial charge in [0.05, 0.1) is 21.9 Å². The van der Waals surface area contributed by atoms with Gasteiger partial charge in [0.15, 0.2) is 4.77 Å². The molecule has 1 aliphatic rings. The molecule has 0 saturated carbocycles. The van der Waals surface area contributed by atoms with E-state index in [0.29, 0.717) is 26.9 Å². The van der Waals surface area contributed by atoms with Crippen LogP contribution in [0.5, 0.6) is 5.88 Å². The van der Waals surface area contributed by atoms with Gasteiger partial charge in [0, 0.05) is 17.6 Å². The van der Waals surface area contributed by atoms with Crippen molar-refractivity contribution in [2.45, 2.75) is 25.8 Å². The van der Waals surface area contributed by atoms with Crippen LogP contribution < -0.4 is 5.32 Å². The van der Waals surface area contributed by atoms with Gasteiger partial charge < -0.3 is 15.0 Å². The topological polar surface area (TPSA) is 72.1 Å². The van der Waals surface area contributed by atoms with Gasteiger partial charge >= 0.3 is 0 Å². The molecule has 0 fully saturated rings. The molecule has 2 aromatic heterocycles. The molecule has 1 aromatic carbocycles. The number of fused-ring (bicyclic) bond motifs is 1. The van der Waals surface area contributed by atoms with E-state index in [1.807, 2.05) is 4.57 Å². The van der Waals surface area contributed by atoms with E-state index in [1.165, 1.54) is 11.3 Å². The summed E-state index contributed by atoms with van der Waals surface area (Å²) in [5, 5.41) is 15.4. The van der Waals surface area contributed by atoms with Crippen LogP contribution in [0.2, 0.25) is 5.02 Å². The average molecular weight is 407 g/mol. The fourth-order valence-corrected chi connectivity index (χ4v) is 4.30. The Morgan fingerprint density at radius 1 is 1.38 bits per heavy atom. The van der Waals surface area contributed by atoms with Crippen LogP contribution >= 0.6 is 35.2 Å². The monoisotopic (exact) mass is 406 g/mol. The summed E-state index contributed by atoms with van der Waals surface area (Å²) in [5.41, 5.74) is 3.94. The van der Waals surface area contributed by atoms with Crippen molar-refractivity contribution in [3.05, 3.63) is 50.3 Å². The molecule has 3 aromatic rings. The second-order valence-electron chi connectivity index (χ2n) is 5.99. The Morgan fingerprint density at radius 3 is 2.92 bits per heavy atom. The molecule has 9 heteroatoms. The highest BCUT2D eigenvalue weighted by atomic mass is 35.5. The molecule has 0 atom stereocenters. The van der Waals surface area contributed by atoms with Crippen molar-refractivity contribution in [1.82, 2.24) is 14.1 Å². The van der Waals surface area contributed by atoms with Crippen LogP contribution in [0, 0.1) is 4.77 Å². The third-order valence-corrected chi connectivity index (χ3v) is 5.67. The van der Waals surface area contributed by atoms with Gasteiger partial charge in [-0.1, -0.05) is 11.6 Å². The maximum Gasteiger partial charge on any atom is 0.275 e. The maximum absolute atomic E-state index is 12.1. The van der Waals surface area contributed by atoms with Crippen molar-refractivity contribution < 1.29 is 9.90 Å². The number of benzene rings is 1. The summed E-state index contributed by atoms with van der Waals surface area (Å²) >= 11 is 13.3. The number of thiazole rings is 1. The molecule has 26 heavy (non-hydrogen) atoms. The highest BCUT2D eigenvalue weighted by molar-refractivity contribution is 7.71. The number of halogens is 1.